The highest BCUT2D eigenvalue weighted by atomic mass is 16.4. The SMILES string of the molecule is CC(NC(=O)c1cnn(C(C)C(=O)O)c1)c1cccc(-n2cccc2)c1. The van der Waals surface area contributed by atoms with Gasteiger partial charge in [-0.2, -0.15) is 5.10 Å². The monoisotopic (exact) mass is 352 g/mol. The van der Waals surface area contributed by atoms with E-state index in [4.69, 9.17) is 5.11 Å². The maximum atomic E-state index is 12.4. The molecule has 134 valence electrons. The van der Waals surface area contributed by atoms with Gasteiger partial charge in [0.1, 0.15) is 6.04 Å². The lowest BCUT2D eigenvalue weighted by molar-refractivity contribution is -0.140. The molecular formula is C19H20N4O3. The van der Waals surface area contributed by atoms with Crippen LogP contribution < -0.4 is 5.32 Å². The smallest absolute Gasteiger partial charge is 0.328 e. The molecule has 0 bridgehead atoms. The predicted molar refractivity (Wildman–Crippen MR) is 96.2 cm³/mol. The lowest BCUT2D eigenvalue weighted by atomic mass is 10.1. The number of carboxylic acids is 1. The summed E-state index contributed by atoms with van der Waals surface area (Å²) in [7, 11) is 0. The van der Waals surface area contributed by atoms with Gasteiger partial charge in [0, 0.05) is 24.3 Å². The fraction of sp³-hybridized carbons (Fsp3) is 0.211. The van der Waals surface area contributed by atoms with E-state index in [0.717, 1.165) is 11.3 Å². The first-order chi connectivity index (χ1) is 12.5. The summed E-state index contributed by atoms with van der Waals surface area (Å²) in [6.07, 6.45) is 6.73. The van der Waals surface area contributed by atoms with Gasteiger partial charge in [0.2, 0.25) is 0 Å². The Hall–Kier alpha value is -3.35. The molecule has 2 unspecified atom stereocenters. The third-order valence-electron chi connectivity index (χ3n) is 4.24. The minimum Gasteiger partial charge on any atom is -0.480 e. The number of amides is 1. The van der Waals surface area contributed by atoms with Crippen LogP contribution in [0.25, 0.3) is 5.69 Å². The topological polar surface area (TPSA) is 89.2 Å². The summed E-state index contributed by atoms with van der Waals surface area (Å²) >= 11 is 0. The molecular weight excluding hydrogens is 332 g/mol. The minimum atomic E-state index is -1.00. The third kappa shape index (κ3) is 3.66. The number of hydrogen-bond acceptors (Lipinski definition) is 3. The highest BCUT2D eigenvalue weighted by molar-refractivity contribution is 5.94. The van der Waals surface area contributed by atoms with Gasteiger partial charge in [-0.1, -0.05) is 12.1 Å². The van der Waals surface area contributed by atoms with Gasteiger partial charge in [-0.3, -0.25) is 9.48 Å². The molecule has 1 aromatic carbocycles. The molecule has 2 heterocycles. The zero-order valence-electron chi connectivity index (χ0n) is 14.5. The molecule has 3 aromatic rings. The maximum Gasteiger partial charge on any atom is 0.328 e. The molecule has 7 nitrogen and oxygen atoms in total. The normalized spacial score (nSPS) is 13.2. The molecule has 0 aliphatic carbocycles. The summed E-state index contributed by atoms with van der Waals surface area (Å²) < 4.78 is 3.25. The maximum absolute atomic E-state index is 12.4. The molecule has 0 aliphatic rings. The quantitative estimate of drug-likeness (QED) is 0.714. The van der Waals surface area contributed by atoms with Crippen molar-refractivity contribution in [2.24, 2.45) is 0 Å². The van der Waals surface area contributed by atoms with Crippen LogP contribution in [-0.2, 0) is 4.79 Å². The first-order valence-corrected chi connectivity index (χ1v) is 8.27. The van der Waals surface area contributed by atoms with Crippen LogP contribution in [0, 0.1) is 0 Å². The molecule has 2 N–H and O–H groups in total. The Balaban J connectivity index is 1.72. The molecule has 0 saturated carbocycles. The molecule has 26 heavy (non-hydrogen) atoms. The van der Waals surface area contributed by atoms with Gasteiger partial charge >= 0.3 is 5.97 Å². The zero-order chi connectivity index (χ0) is 18.7. The van der Waals surface area contributed by atoms with Crippen molar-refractivity contribution in [2.75, 3.05) is 0 Å². The average Bonchev–Trinajstić information content (AvgIpc) is 3.33. The van der Waals surface area contributed by atoms with Gasteiger partial charge in [0.25, 0.3) is 5.91 Å². The lowest BCUT2D eigenvalue weighted by Gasteiger charge is -2.15. The Bertz CT molecular complexity index is 915. The predicted octanol–water partition coefficient (Wildman–Crippen LogP) is 2.81. The zero-order valence-corrected chi connectivity index (χ0v) is 14.5. The van der Waals surface area contributed by atoms with Crippen molar-refractivity contribution in [2.45, 2.75) is 25.9 Å². The Kier molecular flexibility index (Phi) is 4.88. The van der Waals surface area contributed by atoms with Crippen LogP contribution in [0.2, 0.25) is 0 Å². The number of nitrogens with zero attached hydrogens (tertiary/aromatic N) is 3. The van der Waals surface area contributed by atoms with Gasteiger partial charge in [0.05, 0.1) is 17.8 Å². The Morgan fingerprint density at radius 3 is 2.58 bits per heavy atom. The minimum absolute atomic E-state index is 0.210. The van der Waals surface area contributed by atoms with Gasteiger partial charge in [-0.05, 0) is 43.7 Å². The van der Waals surface area contributed by atoms with Crippen molar-refractivity contribution in [3.8, 4) is 5.69 Å². The summed E-state index contributed by atoms with van der Waals surface area (Å²) in [4.78, 5) is 23.4. The van der Waals surface area contributed by atoms with Crippen molar-refractivity contribution in [3.05, 3.63) is 72.3 Å². The summed E-state index contributed by atoms with van der Waals surface area (Å²) in [6.45, 7) is 3.41. The van der Waals surface area contributed by atoms with Gasteiger partial charge in [0.15, 0.2) is 0 Å². The summed E-state index contributed by atoms with van der Waals surface area (Å²) in [5, 5.41) is 15.9. The molecule has 0 aliphatic heterocycles. The van der Waals surface area contributed by atoms with Crippen LogP contribution in [0.15, 0.2) is 61.2 Å². The molecule has 2 atom stereocenters. The molecule has 7 heteroatoms. The average molecular weight is 352 g/mol. The van der Waals surface area contributed by atoms with E-state index in [1.54, 1.807) is 0 Å². The highest BCUT2D eigenvalue weighted by Crippen LogP contribution is 2.18. The fourth-order valence-electron chi connectivity index (χ4n) is 2.60. The Morgan fingerprint density at radius 1 is 1.15 bits per heavy atom. The number of carboxylic acid groups (broad SMARTS) is 1. The van der Waals surface area contributed by atoms with Gasteiger partial charge in [-0.25, -0.2) is 4.79 Å². The third-order valence-corrected chi connectivity index (χ3v) is 4.24. The number of nitrogens with one attached hydrogen (secondary N) is 1. The summed E-state index contributed by atoms with van der Waals surface area (Å²) in [5.74, 6) is -1.30. The molecule has 0 spiro atoms. The van der Waals surface area contributed by atoms with Crippen LogP contribution in [0.4, 0.5) is 0 Å². The lowest BCUT2D eigenvalue weighted by Crippen LogP contribution is -2.26. The van der Waals surface area contributed by atoms with Crippen molar-refractivity contribution >= 4 is 11.9 Å². The number of hydrogen-bond donors (Lipinski definition) is 2. The standard InChI is InChI=1S/C19H20N4O3/c1-13(15-6-5-7-17(10-15)22-8-3-4-9-22)21-18(24)16-11-20-23(12-16)14(2)19(25)26/h3-14H,1-2H3,(H,21,24)(H,25,26). The van der Waals surface area contributed by atoms with Crippen molar-refractivity contribution in [1.82, 2.24) is 19.7 Å². The van der Waals surface area contributed by atoms with Gasteiger partial charge < -0.3 is 15.0 Å². The second kappa shape index (κ2) is 7.26. The number of aromatic nitrogens is 3. The van der Waals surface area contributed by atoms with Crippen LogP contribution >= 0.6 is 0 Å². The van der Waals surface area contributed by atoms with E-state index >= 15 is 0 Å². The molecule has 1 amide bonds. The largest absolute Gasteiger partial charge is 0.480 e. The van der Waals surface area contributed by atoms with Crippen molar-refractivity contribution < 1.29 is 14.7 Å². The number of carbonyl (C=O) groups is 2. The summed E-state index contributed by atoms with van der Waals surface area (Å²) in [6, 6.07) is 10.8. The molecule has 0 fully saturated rings. The first-order valence-electron chi connectivity index (χ1n) is 8.27. The van der Waals surface area contributed by atoms with E-state index < -0.39 is 12.0 Å². The van der Waals surface area contributed by atoms with Crippen molar-refractivity contribution in [1.29, 1.82) is 0 Å². The molecule has 3 rings (SSSR count). The molecule has 0 radical (unpaired) electrons. The van der Waals surface area contributed by atoms with Crippen LogP contribution in [-0.4, -0.2) is 31.3 Å². The highest BCUT2D eigenvalue weighted by Gasteiger charge is 2.18. The van der Waals surface area contributed by atoms with E-state index in [0.29, 0.717) is 5.56 Å². The van der Waals surface area contributed by atoms with Gasteiger partial charge in [-0.15, -0.1) is 0 Å². The van der Waals surface area contributed by atoms with E-state index in [1.807, 2.05) is 60.3 Å². The molecule has 2 aromatic heterocycles. The number of rotatable bonds is 6. The van der Waals surface area contributed by atoms with Crippen LogP contribution in [0.1, 0.15) is 41.9 Å². The van der Waals surface area contributed by atoms with Crippen LogP contribution in [0.5, 0.6) is 0 Å². The van der Waals surface area contributed by atoms with E-state index in [1.165, 1.54) is 24.0 Å². The first kappa shape index (κ1) is 17.5. The van der Waals surface area contributed by atoms with Crippen LogP contribution in [0.3, 0.4) is 0 Å². The van der Waals surface area contributed by atoms with Crippen molar-refractivity contribution in [3.63, 3.8) is 0 Å². The second-order valence-electron chi connectivity index (χ2n) is 6.10. The Morgan fingerprint density at radius 2 is 1.88 bits per heavy atom. The van der Waals surface area contributed by atoms with E-state index in [2.05, 4.69) is 10.4 Å². The second-order valence-corrected chi connectivity index (χ2v) is 6.10. The number of carbonyl (C=O) groups excluding carboxylic acids is 1. The Labute approximate surface area is 150 Å². The fourth-order valence-corrected chi connectivity index (χ4v) is 2.60. The van der Waals surface area contributed by atoms with E-state index in [-0.39, 0.29) is 11.9 Å². The molecule has 0 saturated heterocycles. The summed E-state index contributed by atoms with van der Waals surface area (Å²) in [5.41, 5.74) is 2.30. The van der Waals surface area contributed by atoms with E-state index in [9.17, 15) is 9.59 Å². The number of benzene rings is 1. The number of aliphatic carboxylic acids is 1.